The second-order valence-electron chi connectivity index (χ2n) is 5.45. The fourth-order valence-electron chi connectivity index (χ4n) is 2.18. The third kappa shape index (κ3) is 6.60. The highest BCUT2D eigenvalue weighted by molar-refractivity contribution is 5.32. The molecule has 0 bridgehead atoms. The molecule has 0 aliphatic rings. The minimum absolute atomic E-state index is 0.543. The van der Waals surface area contributed by atoms with Crippen molar-refractivity contribution in [1.29, 1.82) is 0 Å². The molecule has 0 amide bonds. The molecule has 0 aliphatic carbocycles. The molecule has 0 unspecified atom stereocenters. The lowest BCUT2D eigenvalue weighted by molar-refractivity contribution is 0.0272. The molecule has 0 aromatic heterocycles. The zero-order chi connectivity index (χ0) is 17.0. The van der Waals surface area contributed by atoms with Crippen molar-refractivity contribution in [1.82, 2.24) is 0 Å². The molecule has 4 nitrogen and oxygen atoms in total. The SMILES string of the molecule is Cc1ccccc1OCCOCCOCCOc1ccccc1C. The molecule has 0 fully saturated rings. The van der Waals surface area contributed by atoms with Crippen molar-refractivity contribution in [2.75, 3.05) is 39.6 Å². The van der Waals surface area contributed by atoms with Crippen LogP contribution in [0.15, 0.2) is 48.5 Å². The first-order chi connectivity index (χ1) is 11.8. The van der Waals surface area contributed by atoms with Gasteiger partial charge in [-0.3, -0.25) is 0 Å². The van der Waals surface area contributed by atoms with Gasteiger partial charge in [-0.2, -0.15) is 0 Å². The number of para-hydroxylation sites is 2. The van der Waals surface area contributed by atoms with Gasteiger partial charge in [0.2, 0.25) is 0 Å². The van der Waals surface area contributed by atoms with Crippen molar-refractivity contribution >= 4 is 0 Å². The van der Waals surface area contributed by atoms with E-state index in [1.165, 1.54) is 0 Å². The maximum atomic E-state index is 5.66. The molecule has 0 spiro atoms. The van der Waals surface area contributed by atoms with Crippen LogP contribution < -0.4 is 9.47 Å². The van der Waals surface area contributed by atoms with Crippen molar-refractivity contribution in [2.45, 2.75) is 13.8 Å². The Bertz CT molecular complexity index is 544. The second kappa shape index (κ2) is 10.7. The lowest BCUT2D eigenvalue weighted by atomic mass is 10.2. The van der Waals surface area contributed by atoms with Gasteiger partial charge in [0, 0.05) is 0 Å². The molecule has 24 heavy (non-hydrogen) atoms. The molecule has 0 saturated heterocycles. The summed E-state index contributed by atoms with van der Waals surface area (Å²) in [6.45, 7) is 7.37. The monoisotopic (exact) mass is 330 g/mol. The van der Waals surface area contributed by atoms with Crippen LogP contribution in [-0.2, 0) is 9.47 Å². The molecule has 130 valence electrons. The Hall–Kier alpha value is -2.04. The van der Waals surface area contributed by atoms with Gasteiger partial charge in [-0.05, 0) is 37.1 Å². The van der Waals surface area contributed by atoms with Crippen LogP contribution in [0, 0.1) is 13.8 Å². The number of hydrogen-bond donors (Lipinski definition) is 0. The highest BCUT2D eigenvalue weighted by atomic mass is 16.6. The highest BCUT2D eigenvalue weighted by Gasteiger charge is 1.98. The molecule has 2 aromatic carbocycles. The summed E-state index contributed by atoms with van der Waals surface area (Å²) in [5.41, 5.74) is 2.27. The summed E-state index contributed by atoms with van der Waals surface area (Å²) in [5.74, 6) is 1.82. The minimum atomic E-state index is 0.543. The Labute approximate surface area is 144 Å². The van der Waals surface area contributed by atoms with Crippen LogP contribution in [0.3, 0.4) is 0 Å². The first-order valence-corrected chi connectivity index (χ1v) is 8.29. The van der Waals surface area contributed by atoms with E-state index in [1.807, 2.05) is 62.4 Å². The van der Waals surface area contributed by atoms with Crippen LogP contribution in [0.25, 0.3) is 0 Å². The zero-order valence-electron chi connectivity index (χ0n) is 14.5. The van der Waals surface area contributed by atoms with E-state index in [1.54, 1.807) is 0 Å². The molecule has 0 aliphatic heterocycles. The van der Waals surface area contributed by atoms with Gasteiger partial charge < -0.3 is 18.9 Å². The lowest BCUT2D eigenvalue weighted by Gasteiger charge is -2.10. The Morgan fingerprint density at radius 1 is 0.542 bits per heavy atom. The molecule has 0 saturated carbocycles. The van der Waals surface area contributed by atoms with E-state index >= 15 is 0 Å². The molecule has 0 N–H and O–H groups in total. The van der Waals surface area contributed by atoms with Crippen molar-refractivity contribution in [3.8, 4) is 11.5 Å². The fraction of sp³-hybridized carbons (Fsp3) is 0.400. The lowest BCUT2D eigenvalue weighted by Crippen LogP contribution is -2.13. The largest absolute Gasteiger partial charge is 0.491 e. The molecular weight excluding hydrogens is 304 g/mol. The topological polar surface area (TPSA) is 36.9 Å². The summed E-state index contributed by atoms with van der Waals surface area (Å²) in [6, 6.07) is 15.9. The summed E-state index contributed by atoms with van der Waals surface area (Å²) < 4.78 is 22.3. The summed E-state index contributed by atoms with van der Waals surface area (Å²) >= 11 is 0. The first kappa shape index (κ1) is 18.3. The normalized spacial score (nSPS) is 10.6. The van der Waals surface area contributed by atoms with E-state index in [9.17, 15) is 0 Å². The molecule has 0 heterocycles. The average Bonchev–Trinajstić information content (AvgIpc) is 2.59. The van der Waals surface area contributed by atoms with Gasteiger partial charge in [0.15, 0.2) is 0 Å². The highest BCUT2D eigenvalue weighted by Crippen LogP contribution is 2.16. The van der Waals surface area contributed by atoms with Gasteiger partial charge in [0.05, 0.1) is 26.4 Å². The number of aryl methyl sites for hydroxylation is 2. The predicted octanol–water partition coefficient (Wildman–Crippen LogP) is 3.79. The van der Waals surface area contributed by atoms with Gasteiger partial charge in [-0.25, -0.2) is 0 Å². The van der Waals surface area contributed by atoms with E-state index in [0.29, 0.717) is 39.6 Å². The van der Waals surface area contributed by atoms with Gasteiger partial charge in [0.25, 0.3) is 0 Å². The smallest absolute Gasteiger partial charge is 0.122 e. The van der Waals surface area contributed by atoms with Crippen molar-refractivity contribution in [2.24, 2.45) is 0 Å². The Morgan fingerprint density at radius 2 is 0.917 bits per heavy atom. The summed E-state index contributed by atoms with van der Waals surface area (Å²) in [6.07, 6.45) is 0. The van der Waals surface area contributed by atoms with Crippen LogP contribution in [0.2, 0.25) is 0 Å². The third-order valence-corrected chi connectivity index (χ3v) is 3.53. The van der Waals surface area contributed by atoms with Gasteiger partial charge in [0.1, 0.15) is 24.7 Å². The summed E-state index contributed by atoms with van der Waals surface area (Å²) in [7, 11) is 0. The van der Waals surface area contributed by atoms with E-state index in [0.717, 1.165) is 22.6 Å². The van der Waals surface area contributed by atoms with E-state index < -0.39 is 0 Å². The van der Waals surface area contributed by atoms with Gasteiger partial charge in [-0.1, -0.05) is 36.4 Å². The number of ether oxygens (including phenoxy) is 4. The summed E-state index contributed by atoms with van der Waals surface area (Å²) in [5, 5.41) is 0. The maximum absolute atomic E-state index is 5.66. The Morgan fingerprint density at radius 3 is 1.33 bits per heavy atom. The summed E-state index contributed by atoms with van der Waals surface area (Å²) in [4.78, 5) is 0. The third-order valence-electron chi connectivity index (χ3n) is 3.53. The average molecular weight is 330 g/mol. The predicted molar refractivity (Wildman–Crippen MR) is 95.0 cm³/mol. The van der Waals surface area contributed by atoms with Crippen LogP contribution >= 0.6 is 0 Å². The molecule has 2 aromatic rings. The quantitative estimate of drug-likeness (QED) is 0.587. The van der Waals surface area contributed by atoms with Crippen molar-refractivity contribution in [3.63, 3.8) is 0 Å². The Kier molecular flexibility index (Phi) is 8.15. The van der Waals surface area contributed by atoms with E-state index in [4.69, 9.17) is 18.9 Å². The van der Waals surface area contributed by atoms with Gasteiger partial charge >= 0.3 is 0 Å². The van der Waals surface area contributed by atoms with Crippen molar-refractivity contribution < 1.29 is 18.9 Å². The molecule has 0 atom stereocenters. The maximum Gasteiger partial charge on any atom is 0.122 e. The molecule has 4 heteroatoms. The van der Waals surface area contributed by atoms with E-state index in [2.05, 4.69) is 0 Å². The van der Waals surface area contributed by atoms with Crippen molar-refractivity contribution in [3.05, 3.63) is 59.7 Å². The molecular formula is C20H26O4. The van der Waals surface area contributed by atoms with Crippen LogP contribution in [0.4, 0.5) is 0 Å². The number of rotatable bonds is 11. The van der Waals surface area contributed by atoms with Crippen LogP contribution in [-0.4, -0.2) is 39.6 Å². The first-order valence-electron chi connectivity index (χ1n) is 8.29. The molecule has 2 rings (SSSR count). The van der Waals surface area contributed by atoms with Crippen LogP contribution in [0.1, 0.15) is 11.1 Å². The number of hydrogen-bond acceptors (Lipinski definition) is 4. The van der Waals surface area contributed by atoms with Gasteiger partial charge in [-0.15, -0.1) is 0 Å². The minimum Gasteiger partial charge on any atom is -0.491 e. The standard InChI is InChI=1S/C20H26O4/c1-17-7-3-5-9-19(17)23-15-13-21-11-12-22-14-16-24-20-10-6-4-8-18(20)2/h3-10H,11-16H2,1-2H3. The Balaban J connectivity index is 1.43. The zero-order valence-corrected chi connectivity index (χ0v) is 14.5. The second-order valence-corrected chi connectivity index (χ2v) is 5.45. The molecule has 0 radical (unpaired) electrons. The van der Waals surface area contributed by atoms with E-state index in [-0.39, 0.29) is 0 Å². The number of benzene rings is 2. The van der Waals surface area contributed by atoms with Crippen LogP contribution in [0.5, 0.6) is 11.5 Å². The fourth-order valence-corrected chi connectivity index (χ4v) is 2.18.